The van der Waals surface area contributed by atoms with Crippen LogP contribution in [0.2, 0.25) is 0 Å². The molecule has 1 aromatic carbocycles. The summed E-state index contributed by atoms with van der Waals surface area (Å²) in [5, 5.41) is 0. The summed E-state index contributed by atoms with van der Waals surface area (Å²) in [6, 6.07) is 11.7. The van der Waals surface area contributed by atoms with Gasteiger partial charge in [-0.1, -0.05) is 0 Å². The van der Waals surface area contributed by atoms with Gasteiger partial charge in [0.05, 0.1) is 6.10 Å². The zero-order valence-electron chi connectivity index (χ0n) is 11.9. The van der Waals surface area contributed by atoms with E-state index in [1.807, 2.05) is 60.8 Å². The lowest BCUT2D eigenvalue weighted by Crippen LogP contribution is -2.05. The molecule has 3 rings (SSSR count). The number of rotatable bonds is 3. The normalized spacial score (nSPS) is 11.2. The Morgan fingerprint density at radius 2 is 1.86 bits per heavy atom. The Hall–Kier alpha value is -2.01. The van der Waals surface area contributed by atoms with E-state index in [4.69, 9.17) is 10.5 Å². The van der Waals surface area contributed by atoms with Crippen LogP contribution in [0.4, 0.5) is 5.82 Å². The zero-order chi connectivity index (χ0) is 15.0. The molecule has 5 heteroatoms. The molecule has 0 unspecified atom stereocenters. The molecule has 0 aliphatic carbocycles. The summed E-state index contributed by atoms with van der Waals surface area (Å²) in [6.45, 7) is 4.01. The van der Waals surface area contributed by atoms with E-state index in [9.17, 15) is 0 Å². The molecule has 2 N–H and O–H groups in total. The smallest absolute Gasteiger partial charge is 0.139 e. The van der Waals surface area contributed by atoms with E-state index in [-0.39, 0.29) is 6.10 Å². The Morgan fingerprint density at radius 3 is 2.52 bits per heavy atom. The van der Waals surface area contributed by atoms with Crippen LogP contribution < -0.4 is 10.5 Å². The standard InChI is InChI=1S/C16H16BrN3O/c1-10(2)21-13-6-3-11(4-7-13)15-16(18)20-9-12(17)5-8-14(20)19-15/h3-10H,18H2,1-2H3. The van der Waals surface area contributed by atoms with Crippen molar-refractivity contribution in [2.24, 2.45) is 0 Å². The quantitative estimate of drug-likeness (QED) is 0.776. The van der Waals surface area contributed by atoms with Crippen LogP contribution in [0.1, 0.15) is 13.8 Å². The highest BCUT2D eigenvalue weighted by Gasteiger charge is 2.11. The fourth-order valence-electron chi connectivity index (χ4n) is 2.21. The maximum absolute atomic E-state index is 6.21. The fraction of sp³-hybridized carbons (Fsp3) is 0.188. The Morgan fingerprint density at radius 1 is 1.14 bits per heavy atom. The fourth-order valence-corrected chi connectivity index (χ4v) is 2.55. The molecule has 0 spiro atoms. The molecule has 0 saturated carbocycles. The SMILES string of the molecule is CC(C)Oc1ccc(-c2nc3ccc(Br)cn3c2N)cc1. The minimum Gasteiger partial charge on any atom is -0.491 e. The molecule has 0 atom stereocenters. The van der Waals surface area contributed by atoms with Crippen LogP contribution in [0.15, 0.2) is 47.1 Å². The number of aromatic nitrogens is 2. The zero-order valence-corrected chi connectivity index (χ0v) is 13.5. The average molecular weight is 346 g/mol. The van der Waals surface area contributed by atoms with Gasteiger partial charge in [-0.25, -0.2) is 4.98 Å². The summed E-state index contributed by atoms with van der Waals surface area (Å²) in [5.41, 5.74) is 8.79. The Bertz CT molecular complexity index is 778. The molecule has 108 valence electrons. The molecule has 4 nitrogen and oxygen atoms in total. The first-order valence-corrected chi connectivity index (χ1v) is 7.54. The van der Waals surface area contributed by atoms with Crippen LogP contribution in [0, 0.1) is 0 Å². The molecule has 3 aromatic rings. The molecule has 0 bridgehead atoms. The van der Waals surface area contributed by atoms with Gasteiger partial charge in [0.2, 0.25) is 0 Å². The predicted octanol–water partition coefficient (Wildman–Crippen LogP) is 4.13. The number of fused-ring (bicyclic) bond motifs is 1. The maximum Gasteiger partial charge on any atom is 0.139 e. The Balaban J connectivity index is 2.02. The van der Waals surface area contributed by atoms with E-state index in [2.05, 4.69) is 20.9 Å². The molecule has 0 fully saturated rings. The van der Waals surface area contributed by atoms with Crippen molar-refractivity contribution in [3.05, 3.63) is 47.1 Å². The number of hydrogen-bond acceptors (Lipinski definition) is 3. The van der Waals surface area contributed by atoms with Gasteiger partial charge in [0.25, 0.3) is 0 Å². The highest BCUT2D eigenvalue weighted by molar-refractivity contribution is 9.10. The Kier molecular flexibility index (Phi) is 3.59. The molecule has 0 radical (unpaired) electrons. The van der Waals surface area contributed by atoms with Crippen molar-refractivity contribution >= 4 is 27.4 Å². The van der Waals surface area contributed by atoms with Crippen molar-refractivity contribution in [3.63, 3.8) is 0 Å². The third-order valence-electron chi connectivity index (χ3n) is 3.12. The lowest BCUT2D eigenvalue weighted by molar-refractivity contribution is 0.242. The van der Waals surface area contributed by atoms with Crippen molar-refractivity contribution in [2.75, 3.05) is 5.73 Å². The van der Waals surface area contributed by atoms with Crippen molar-refractivity contribution in [1.82, 2.24) is 9.38 Å². The van der Waals surface area contributed by atoms with Crippen LogP contribution in [-0.2, 0) is 0 Å². The van der Waals surface area contributed by atoms with Crippen LogP contribution >= 0.6 is 15.9 Å². The number of halogens is 1. The molecule has 0 aliphatic rings. The number of imidazole rings is 1. The number of hydrogen-bond donors (Lipinski definition) is 1. The minimum absolute atomic E-state index is 0.161. The Labute approximate surface area is 131 Å². The molecule has 21 heavy (non-hydrogen) atoms. The number of nitrogens with zero attached hydrogens (tertiary/aromatic N) is 2. The molecule has 2 aromatic heterocycles. The molecule has 0 aliphatic heterocycles. The number of nitrogens with two attached hydrogens (primary N) is 1. The molecular weight excluding hydrogens is 330 g/mol. The number of nitrogen functional groups attached to an aromatic ring is 1. The van der Waals surface area contributed by atoms with Gasteiger partial charge in [-0.2, -0.15) is 0 Å². The first-order chi connectivity index (χ1) is 10.0. The summed E-state index contributed by atoms with van der Waals surface area (Å²) in [4.78, 5) is 4.59. The van der Waals surface area contributed by atoms with Gasteiger partial charge >= 0.3 is 0 Å². The van der Waals surface area contributed by atoms with Gasteiger partial charge in [-0.3, -0.25) is 4.40 Å². The first kappa shape index (κ1) is 13.9. The van der Waals surface area contributed by atoms with Gasteiger partial charge in [0.15, 0.2) is 0 Å². The topological polar surface area (TPSA) is 52.5 Å². The van der Waals surface area contributed by atoms with E-state index >= 15 is 0 Å². The van der Waals surface area contributed by atoms with Crippen LogP contribution in [0.5, 0.6) is 5.75 Å². The largest absolute Gasteiger partial charge is 0.491 e. The van der Waals surface area contributed by atoms with Crippen LogP contribution in [0.3, 0.4) is 0 Å². The lowest BCUT2D eigenvalue weighted by atomic mass is 10.1. The van der Waals surface area contributed by atoms with E-state index in [0.29, 0.717) is 5.82 Å². The third-order valence-corrected chi connectivity index (χ3v) is 3.59. The van der Waals surface area contributed by atoms with Crippen LogP contribution in [0.25, 0.3) is 16.9 Å². The number of anilines is 1. The predicted molar refractivity (Wildman–Crippen MR) is 88.5 cm³/mol. The molecule has 0 amide bonds. The second-order valence-electron chi connectivity index (χ2n) is 5.11. The number of ether oxygens (including phenoxy) is 1. The van der Waals surface area contributed by atoms with E-state index < -0.39 is 0 Å². The van der Waals surface area contributed by atoms with Crippen molar-refractivity contribution in [1.29, 1.82) is 0 Å². The highest BCUT2D eigenvalue weighted by atomic mass is 79.9. The van der Waals surface area contributed by atoms with Crippen LogP contribution in [-0.4, -0.2) is 15.5 Å². The average Bonchev–Trinajstić information content (AvgIpc) is 2.76. The van der Waals surface area contributed by atoms with Gasteiger partial charge in [0, 0.05) is 16.2 Å². The molecular formula is C16H16BrN3O. The first-order valence-electron chi connectivity index (χ1n) is 6.75. The van der Waals surface area contributed by atoms with Gasteiger partial charge in [-0.05, 0) is 66.2 Å². The highest BCUT2D eigenvalue weighted by Crippen LogP contribution is 2.29. The van der Waals surface area contributed by atoms with Crippen molar-refractivity contribution < 1.29 is 4.74 Å². The van der Waals surface area contributed by atoms with E-state index in [1.54, 1.807) is 0 Å². The molecule has 0 saturated heterocycles. The van der Waals surface area contributed by atoms with Gasteiger partial charge < -0.3 is 10.5 Å². The summed E-state index contributed by atoms with van der Waals surface area (Å²) in [5.74, 6) is 1.47. The lowest BCUT2D eigenvalue weighted by Gasteiger charge is -2.09. The second-order valence-corrected chi connectivity index (χ2v) is 6.03. The van der Waals surface area contributed by atoms with Crippen molar-refractivity contribution in [3.8, 4) is 17.0 Å². The van der Waals surface area contributed by atoms with Gasteiger partial charge in [-0.15, -0.1) is 0 Å². The maximum atomic E-state index is 6.21. The monoisotopic (exact) mass is 345 g/mol. The third kappa shape index (κ3) is 2.74. The van der Waals surface area contributed by atoms with Gasteiger partial charge in [0.1, 0.15) is 22.9 Å². The summed E-state index contributed by atoms with van der Waals surface area (Å²) in [7, 11) is 0. The van der Waals surface area contributed by atoms with E-state index in [1.165, 1.54) is 0 Å². The summed E-state index contributed by atoms with van der Waals surface area (Å²) in [6.07, 6.45) is 2.07. The second kappa shape index (κ2) is 5.41. The number of benzene rings is 1. The minimum atomic E-state index is 0.161. The number of pyridine rings is 1. The summed E-state index contributed by atoms with van der Waals surface area (Å²) >= 11 is 3.44. The molecule has 2 heterocycles. The van der Waals surface area contributed by atoms with Crippen molar-refractivity contribution in [2.45, 2.75) is 20.0 Å². The van der Waals surface area contributed by atoms with E-state index in [0.717, 1.165) is 27.1 Å². The summed E-state index contributed by atoms with van der Waals surface area (Å²) < 4.78 is 8.48.